The Morgan fingerprint density at radius 3 is 2.49 bits per heavy atom. The van der Waals surface area contributed by atoms with Gasteiger partial charge in [-0.25, -0.2) is 14.4 Å². The van der Waals surface area contributed by atoms with E-state index in [1.807, 2.05) is 45.9 Å². The number of nitrogens with two attached hydrogens (primary N) is 1. The van der Waals surface area contributed by atoms with E-state index in [2.05, 4.69) is 43.4 Å². The maximum atomic E-state index is 14.5. The number of fused-ring (bicyclic) bond motifs is 6. The highest BCUT2D eigenvalue weighted by atomic mass is 79.9. The first-order chi connectivity index (χ1) is 40.2. The largest absolute Gasteiger partial charge is 0.462 e. The normalized spacial score (nSPS) is 24.6. The molecule has 2 fully saturated rings. The number of primary amides is 1. The third-order valence-electron chi connectivity index (χ3n) is 16.2. The van der Waals surface area contributed by atoms with Gasteiger partial charge in [0.1, 0.15) is 35.3 Å². The number of carbonyl (C=O) groups is 8. The van der Waals surface area contributed by atoms with Crippen LogP contribution in [0.5, 0.6) is 0 Å². The molecular weight excluding hydrogens is 1180 g/mol. The molecule has 5 amide bonds. The summed E-state index contributed by atoms with van der Waals surface area (Å²) < 4.78 is 29.6. The molecule has 10 atom stereocenters. The number of nitrogens with one attached hydrogen (secondary N) is 3. The molecule has 4 heterocycles. The van der Waals surface area contributed by atoms with Crippen molar-refractivity contribution in [1.82, 2.24) is 15.6 Å². The Hall–Kier alpha value is -6.52. The van der Waals surface area contributed by atoms with Gasteiger partial charge >= 0.3 is 24.1 Å². The van der Waals surface area contributed by atoms with Crippen molar-refractivity contribution < 1.29 is 67.1 Å². The highest BCUT2D eigenvalue weighted by Crippen LogP contribution is 2.50. The summed E-state index contributed by atoms with van der Waals surface area (Å²) in [6.07, 6.45) is 3.80. The van der Waals surface area contributed by atoms with Crippen molar-refractivity contribution in [2.75, 3.05) is 36.2 Å². The standard InChI is InChI=1S/C63H82BrClN6O14/c1-35(2)45(30-43(72)18-12-11-17-39(6)82-59(77)38(5)34-64)58(76)69-47(20-15-25-68-60(66)78)49(73)29-42-22-23-46(44-19-14-24-67-56(42)44)70-61(79)84-52-31-53(74)71(9)48-28-41(27-37(4)55(48)65)26-36(3)16-13-21-51(81-10)63(80)32-50(83-54(75)33-63)40(7)57-62(52,8)85-57/h13-14,16,19,21-24,27-28,35,39-40,45,47,50-52,57,80H,5,11-12,15,17-18,20,25-26,29-34H2,1-4,6-10H3,(H,69,76)(H,70,79)(H3,66,68,78)/b21-13+,36-16+/t39?,40-,45+,47+,50+,51-,52+,57+,62+,63-/m1/s1. The third kappa shape index (κ3) is 18.0. The number of pyridine rings is 1. The number of methoxy groups -OCH3 is 1. The number of halogens is 2. The maximum Gasteiger partial charge on any atom is 0.412 e. The van der Waals surface area contributed by atoms with E-state index in [4.69, 9.17) is 41.0 Å². The second kappa shape index (κ2) is 30.2. The van der Waals surface area contributed by atoms with E-state index in [9.17, 15) is 43.5 Å². The number of rotatable bonds is 23. The van der Waals surface area contributed by atoms with E-state index in [-0.39, 0.29) is 87.2 Å². The number of carbonyl (C=O) groups excluding carboxylic acids is 8. The number of esters is 2. The number of ketones is 2. The van der Waals surface area contributed by atoms with Crippen LogP contribution in [-0.2, 0) is 65.3 Å². The summed E-state index contributed by atoms with van der Waals surface area (Å²) in [4.78, 5) is 114. The Labute approximate surface area is 510 Å². The number of aliphatic hydroxyl groups is 1. The fourth-order valence-corrected chi connectivity index (χ4v) is 11.6. The van der Waals surface area contributed by atoms with Crippen molar-refractivity contribution in [3.8, 4) is 0 Å². The van der Waals surface area contributed by atoms with Gasteiger partial charge in [-0.15, -0.1) is 0 Å². The number of nitrogens with zero attached hydrogens (tertiary/aromatic N) is 2. The van der Waals surface area contributed by atoms with Gasteiger partial charge < -0.3 is 50.1 Å². The number of aryl methyl sites for hydroxylation is 1. The van der Waals surface area contributed by atoms with E-state index in [0.29, 0.717) is 63.8 Å². The Bertz CT molecular complexity index is 3060. The van der Waals surface area contributed by atoms with E-state index in [1.54, 1.807) is 64.2 Å². The lowest BCUT2D eigenvalue weighted by atomic mass is 9.78. The Morgan fingerprint density at radius 1 is 1.06 bits per heavy atom. The predicted octanol–water partition coefficient (Wildman–Crippen LogP) is 9.19. The highest BCUT2D eigenvalue weighted by molar-refractivity contribution is 9.09. The van der Waals surface area contributed by atoms with Crippen LogP contribution < -0.4 is 26.6 Å². The molecule has 22 heteroatoms. The highest BCUT2D eigenvalue weighted by Gasteiger charge is 2.64. The molecular formula is C63H82BrClN6O14. The number of aromatic nitrogens is 1. The number of ether oxygens (including phenoxy) is 5. The molecule has 20 nitrogen and oxygen atoms in total. The van der Waals surface area contributed by atoms with E-state index in [1.165, 1.54) is 18.2 Å². The van der Waals surface area contributed by atoms with Gasteiger partial charge in [-0.05, 0) is 113 Å². The zero-order valence-corrected chi connectivity index (χ0v) is 52.4. The number of Topliss-reactive ketones (excluding diaryl/α,β-unsaturated/α-hetero) is 2. The lowest BCUT2D eigenvalue weighted by Gasteiger charge is -2.41. The fraction of sp³-hybridized carbons (Fsp3) is 0.540. The zero-order valence-electron chi connectivity index (χ0n) is 50.1. The quantitative estimate of drug-likeness (QED) is 0.0148. The molecule has 0 spiro atoms. The summed E-state index contributed by atoms with van der Waals surface area (Å²) in [5.41, 5.74) is 6.79. The number of allylic oxidation sites excluding steroid dienone is 3. The molecule has 2 aromatic carbocycles. The van der Waals surface area contributed by atoms with Crippen molar-refractivity contribution in [1.29, 1.82) is 0 Å². The maximum absolute atomic E-state index is 14.5. The number of hydrogen-bond donors (Lipinski definition) is 5. The molecule has 4 bridgehead atoms. The van der Waals surface area contributed by atoms with E-state index >= 15 is 0 Å². The lowest BCUT2D eigenvalue weighted by Crippen LogP contribution is -2.53. The van der Waals surface area contributed by atoms with Crippen LogP contribution in [-0.4, -0.2) is 131 Å². The summed E-state index contributed by atoms with van der Waals surface area (Å²) in [6.45, 7) is 16.6. The summed E-state index contributed by atoms with van der Waals surface area (Å²) in [7, 11) is 3.05. The first kappa shape index (κ1) is 67.6. The smallest absolute Gasteiger partial charge is 0.412 e. The molecule has 0 radical (unpaired) electrons. The number of hydrogen-bond acceptors (Lipinski definition) is 15. The summed E-state index contributed by atoms with van der Waals surface area (Å²) in [5.74, 6) is -4.11. The molecule has 0 aliphatic carbocycles. The van der Waals surface area contributed by atoms with Crippen LogP contribution in [0.1, 0.15) is 122 Å². The van der Waals surface area contributed by atoms with Crippen molar-refractivity contribution in [3.05, 3.63) is 100 Å². The predicted molar refractivity (Wildman–Crippen MR) is 326 cm³/mol. The topological polar surface area (TPSA) is 284 Å². The molecule has 3 aliphatic rings. The van der Waals surface area contributed by atoms with Crippen LogP contribution >= 0.6 is 27.5 Å². The average molecular weight is 1260 g/mol. The lowest BCUT2D eigenvalue weighted by molar-refractivity contribution is -0.187. The number of epoxide rings is 1. The fourth-order valence-electron chi connectivity index (χ4n) is 11.2. The molecule has 2 saturated heterocycles. The van der Waals surface area contributed by atoms with Gasteiger partial charge in [0.25, 0.3) is 0 Å². The molecule has 1 unspecified atom stereocenters. The van der Waals surface area contributed by atoms with Crippen LogP contribution in [0.25, 0.3) is 10.9 Å². The number of anilines is 2. The van der Waals surface area contributed by atoms with Gasteiger partial charge in [-0.2, -0.15) is 0 Å². The SMILES string of the molecule is C=C(CBr)C(=O)OC(C)CCCCC(=O)C[C@H](C(=O)N[C@@H](CCCNC(N)=O)C(=O)Cc1ccc(NC(=O)O[C@H]2CC(=O)N(C)c3cc(cc(C)c3Cl)C/C(C)=C/C=C/[C@@H](OC)[C@]3(O)CC(=O)O[C@@H](C3)[C@@H](C)[C@@H]3O[C@@]23C)c2cccnc12)C(C)C. The molecule has 3 aliphatic heterocycles. The monoisotopic (exact) mass is 1260 g/mol. The van der Waals surface area contributed by atoms with Crippen LogP contribution in [0.15, 0.2) is 78.5 Å². The summed E-state index contributed by atoms with van der Waals surface area (Å²) in [6, 6.07) is 8.58. The third-order valence-corrected chi connectivity index (χ3v) is 17.4. The van der Waals surface area contributed by atoms with Gasteiger partial charge in [0.15, 0.2) is 5.78 Å². The minimum Gasteiger partial charge on any atom is -0.462 e. The molecule has 6 N–H and O–H groups in total. The molecule has 6 rings (SSSR count). The van der Waals surface area contributed by atoms with Crippen molar-refractivity contribution >= 4 is 97.3 Å². The molecule has 3 aromatic rings. The van der Waals surface area contributed by atoms with Gasteiger partial charge in [0, 0.05) is 80.7 Å². The number of amides is 5. The van der Waals surface area contributed by atoms with Crippen molar-refractivity contribution in [2.24, 2.45) is 23.5 Å². The van der Waals surface area contributed by atoms with Gasteiger partial charge in [0.05, 0.1) is 53.0 Å². The zero-order chi connectivity index (χ0) is 62.5. The summed E-state index contributed by atoms with van der Waals surface area (Å²) in [5, 5.41) is 21.4. The first-order valence-electron chi connectivity index (χ1n) is 28.9. The number of unbranched alkanes of at least 4 members (excludes halogenated alkanes) is 1. The molecule has 462 valence electrons. The Kier molecular flexibility index (Phi) is 24.0. The second-order valence-corrected chi connectivity index (χ2v) is 24.3. The minimum absolute atomic E-state index is 0.00662. The van der Waals surface area contributed by atoms with Gasteiger partial charge in [0.2, 0.25) is 11.8 Å². The molecule has 1 aromatic heterocycles. The van der Waals surface area contributed by atoms with Crippen LogP contribution in [0.3, 0.4) is 0 Å². The molecule has 85 heavy (non-hydrogen) atoms. The molecule has 0 saturated carbocycles. The van der Waals surface area contributed by atoms with Gasteiger partial charge in [-0.3, -0.25) is 34.3 Å². The van der Waals surface area contributed by atoms with Crippen LogP contribution in [0, 0.1) is 24.7 Å². The average Bonchev–Trinajstić information content (AvgIpc) is 1.71. The second-order valence-electron chi connectivity index (χ2n) is 23.3. The first-order valence-corrected chi connectivity index (χ1v) is 30.4. The van der Waals surface area contributed by atoms with Crippen molar-refractivity contribution in [2.45, 2.75) is 173 Å². The number of benzene rings is 2. The van der Waals surface area contributed by atoms with E-state index < -0.39 is 89.4 Å². The Balaban J connectivity index is 1.21. The number of urea groups is 1. The van der Waals surface area contributed by atoms with Crippen LogP contribution in [0.4, 0.5) is 21.0 Å². The summed E-state index contributed by atoms with van der Waals surface area (Å²) >= 11 is 10.1. The number of alkyl halides is 1. The Morgan fingerprint density at radius 2 is 1.80 bits per heavy atom. The van der Waals surface area contributed by atoms with Crippen molar-refractivity contribution in [3.63, 3.8) is 0 Å². The van der Waals surface area contributed by atoms with Crippen LogP contribution in [0.2, 0.25) is 5.02 Å². The minimum atomic E-state index is -1.64. The van der Waals surface area contributed by atoms with E-state index in [0.717, 1.165) is 16.7 Å². The van der Waals surface area contributed by atoms with Gasteiger partial charge in [-0.1, -0.05) is 90.8 Å².